The molecule has 2 aromatic carbocycles. The van der Waals surface area contributed by atoms with Gasteiger partial charge in [0.25, 0.3) is 0 Å². The minimum Gasteiger partial charge on any atom is -0.223 e. The summed E-state index contributed by atoms with van der Waals surface area (Å²) >= 11 is 0. The summed E-state index contributed by atoms with van der Waals surface area (Å²) in [6, 6.07) is 14.8. The standard InChI is InChI=1S/C14H11NO3S/c16-11-15-13-6-8-14(9-7-13)19(17,18)10-12-4-2-1-3-5-12/h1-9H,10H2. The molecule has 96 valence electrons. The van der Waals surface area contributed by atoms with Crippen molar-refractivity contribution in [1.82, 2.24) is 0 Å². The van der Waals surface area contributed by atoms with Gasteiger partial charge in [0.1, 0.15) is 0 Å². The maximum Gasteiger partial charge on any atom is 0.240 e. The van der Waals surface area contributed by atoms with E-state index >= 15 is 0 Å². The van der Waals surface area contributed by atoms with E-state index in [4.69, 9.17) is 0 Å². The van der Waals surface area contributed by atoms with E-state index in [1.54, 1.807) is 24.3 Å². The van der Waals surface area contributed by atoms with Crippen molar-refractivity contribution in [3.8, 4) is 0 Å². The van der Waals surface area contributed by atoms with Crippen LogP contribution in [-0.2, 0) is 20.4 Å². The highest BCUT2D eigenvalue weighted by Gasteiger charge is 2.14. The van der Waals surface area contributed by atoms with Gasteiger partial charge in [-0.25, -0.2) is 13.2 Å². The minimum absolute atomic E-state index is 0.0515. The molecule has 0 bridgehead atoms. The van der Waals surface area contributed by atoms with Gasteiger partial charge in [0.05, 0.1) is 16.3 Å². The van der Waals surface area contributed by atoms with Crippen molar-refractivity contribution in [3.05, 3.63) is 60.2 Å². The second-order valence-corrected chi connectivity index (χ2v) is 5.93. The van der Waals surface area contributed by atoms with Crippen molar-refractivity contribution < 1.29 is 13.2 Å². The predicted octanol–water partition coefficient (Wildman–Crippen LogP) is 2.63. The SMILES string of the molecule is O=C=Nc1ccc(S(=O)(=O)Cc2ccccc2)cc1. The molecule has 0 fully saturated rings. The number of sulfone groups is 1. The van der Waals surface area contributed by atoms with Crippen molar-refractivity contribution in [1.29, 1.82) is 0 Å². The number of hydrogen-bond acceptors (Lipinski definition) is 4. The van der Waals surface area contributed by atoms with Crippen LogP contribution in [0.25, 0.3) is 0 Å². The Kier molecular flexibility index (Phi) is 3.90. The van der Waals surface area contributed by atoms with Crippen molar-refractivity contribution in [3.63, 3.8) is 0 Å². The van der Waals surface area contributed by atoms with E-state index in [0.717, 1.165) is 5.56 Å². The largest absolute Gasteiger partial charge is 0.240 e. The van der Waals surface area contributed by atoms with Gasteiger partial charge >= 0.3 is 0 Å². The summed E-state index contributed by atoms with van der Waals surface area (Å²) in [7, 11) is -3.39. The monoisotopic (exact) mass is 273 g/mol. The lowest BCUT2D eigenvalue weighted by Crippen LogP contribution is -2.04. The topological polar surface area (TPSA) is 63.6 Å². The summed E-state index contributed by atoms with van der Waals surface area (Å²) in [5.74, 6) is -0.0515. The van der Waals surface area contributed by atoms with Gasteiger partial charge < -0.3 is 0 Å². The van der Waals surface area contributed by atoms with E-state index in [2.05, 4.69) is 4.99 Å². The van der Waals surface area contributed by atoms with Gasteiger partial charge in [0.2, 0.25) is 6.08 Å². The zero-order valence-corrected chi connectivity index (χ0v) is 10.8. The number of carbonyl (C=O) groups excluding carboxylic acids is 1. The maximum absolute atomic E-state index is 12.2. The van der Waals surface area contributed by atoms with E-state index in [1.165, 1.54) is 30.3 Å². The highest BCUT2D eigenvalue weighted by atomic mass is 32.2. The first-order valence-electron chi connectivity index (χ1n) is 5.56. The molecule has 0 aliphatic rings. The van der Waals surface area contributed by atoms with Gasteiger partial charge in [0, 0.05) is 0 Å². The van der Waals surface area contributed by atoms with Crippen LogP contribution in [0.2, 0.25) is 0 Å². The lowest BCUT2D eigenvalue weighted by molar-refractivity contribution is 0.565. The lowest BCUT2D eigenvalue weighted by Gasteiger charge is -2.04. The smallest absolute Gasteiger partial charge is 0.223 e. The zero-order valence-electron chi connectivity index (χ0n) is 9.98. The average Bonchev–Trinajstić information content (AvgIpc) is 2.40. The Labute approximate surface area is 111 Å². The van der Waals surface area contributed by atoms with Crippen LogP contribution in [0.4, 0.5) is 5.69 Å². The predicted molar refractivity (Wildman–Crippen MR) is 71.6 cm³/mol. The van der Waals surface area contributed by atoms with Crippen LogP contribution in [0.1, 0.15) is 5.56 Å². The summed E-state index contributed by atoms with van der Waals surface area (Å²) in [4.78, 5) is 13.7. The van der Waals surface area contributed by atoms with Gasteiger partial charge in [-0.05, 0) is 29.8 Å². The van der Waals surface area contributed by atoms with Gasteiger partial charge in [-0.1, -0.05) is 30.3 Å². The Hall–Kier alpha value is -2.23. The van der Waals surface area contributed by atoms with Crippen molar-refractivity contribution in [2.24, 2.45) is 4.99 Å². The molecule has 0 saturated heterocycles. The Balaban J connectivity index is 2.27. The van der Waals surface area contributed by atoms with Crippen LogP contribution in [0, 0.1) is 0 Å². The minimum atomic E-state index is -3.39. The molecule has 0 heterocycles. The fourth-order valence-electron chi connectivity index (χ4n) is 1.66. The van der Waals surface area contributed by atoms with Crippen molar-refractivity contribution in [2.45, 2.75) is 10.6 Å². The molecule has 0 N–H and O–H groups in total. The second-order valence-electron chi connectivity index (χ2n) is 3.94. The van der Waals surface area contributed by atoms with E-state index in [9.17, 15) is 13.2 Å². The van der Waals surface area contributed by atoms with Gasteiger partial charge in [-0.2, -0.15) is 4.99 Å². The Morgan fingerprint density at radius 3 is 2.16 bits per heavy atom. The number of benzene rings is 2. The van der Waals surface area contributed by atoms with Crippen LogP contribution < -0.4 is 0 Å². The molecule has 0 amide bonds. The third-order valence-corrected chi connectivity index (χ3v) is 4.27. The van der Waals surface area contributed by atoms with Gasteiger partial charge in [-0.3, -0.25) is 0 Å². The molecule has 0 aliphatic carbocycles. The van der Waals surface area contributed by atoms with E-state index in [-0.39, 0.29) is 10.6 Å². The second kappa shape index (κ2) is 5.61. The summed E-state index contributed by atoms with van der Waals surface area (Å²) < 4.78 is 24.3. The first-order chi connectivity index (χ1) is 9.12. The van der Waals surface area contributed by atoms with E-state index in [0.29, 0.717) is 5.69 Å². The third kappa shape index (κ3) is 3.37. The third-order valence-electron chi connectivity index (χ3n) is 2.57. The lowest BCUT2D eigenvalue weighted by atomic mass is 10.2. The van der Waals surface area contributed by atoms with Crippen molar-refractivity contribution >= 4 is 21.6 Å². The number of isocyanates is 1. The quantitative estimate of drug-likeness (QED) is 0.635. The summed E-state index contributed by atoms with van der Waals surface area (Å²) in [5, 5.41) is 0. The highest BCUT2D eigenvalue weighted by molar-refractivity contribution is 7.90. The molecule has 4 nitrogen and oxygen atoms in total. The number of nitrogens with zero attached hydrogens (tertiary/aromatic N) is 1. The number of rotatable bonds is 4. The molecule has 5 heteroatoms. The molecule has 0 atom stereocenters. The van der Waals surface area contributed by atoms with E-state index in [1.807, 2.05) is 6.07 Å². The first kappa shape index (κ1) is 13.2. The molecule has 2 rings (SSSR count). The molecule has 0 radical (unpaired) electrons. The summed E-state index contributed by atoms with van der Waals surface area (Å²) in [6.07, 6.45) is 1.41. The Morgan fingerprint density at radius 2 is 1.58 bits per heavy atom. The average molecular weight is 273 g/mol. The van der Waals surface area contributed by atoms with E-state index < -0.39 is 9.84 Å². The number of hydrogen-bond donors (Lipinski definition) is 0. The molecular weight excluding hydrogens is 262 g/mol. The fourth-order valence-corrected chi connectivity index (χ4v) is 3.01. The van der Waals surface area contributed by atoms with Crippen molar-refractivity contribution in [2.75, 3.05) is 0 Å². The molecule has 0 spiro atoms. The molecule has 0 aromatic heterocycles. The van der Waals surface area contributed by atoms with Crippen LogP contribution in [0.15, 0.2) is 64.5 Å². The van der Waals surface area contributed by atoms with Crippen LogP contribution in [0.3, 0.4) is 0 Å². The molecule has 0 unspecified atom stereocenters. The van der Waals surface area contributed by atoms with Crippen LogP contribution >= 0.6 is 0 Å². The zero-order chi connectivity index (χ0) is 13.7. The summed E-state index contributed by atoms with van der Waals surface area (Å²) in [6.45, 7) is 0. The highest BCUT2D eigenvalue weighted by Crippen LogP contribution is 2.19. The Morgan fingerprint density at radius 1 is 0.947 bits per heavy atom. The Bertz CT molecular complexity index is 700. The molecule has 2 aromatic rings. The number of aliphatic imine (C=N–C) groups is 1. The molecule has 0 aliphatic heterocycles. The first-order valence-corrected chi connectivity index (χ1v) is 7.22. The molecular formula is C14H11NO3S. The maximum atomic E-state index is 12.2. The fraction of sp³-hybridized carbons (Fsp3) is 0.0714. The molecule has 19 heavy (non-hydrogen) atoms. The van der Waals surface area contributed by atoms with Crippen LogP contribution in [-0.4, -0.2) is 14.5 Å². The summed E-state index contributed by atoms with van der Waals surface area (Å²) in [5.41, 5.74) is 1.12. The normalized spacial score (nSPS) is 10.7. The van der Waals surface area contributed by atoms with Gasteiger partial charge in [0.15, 0.2) is 9.84 Å². The van der Waals surface area contributed by atoms with Crippen LogP contribution in [0.5, 0.6) is 0 Å². The molecule has 0 saturated carbocycles. The van der Waals surface area contributed by atoms with Gasteiger partial charge in [-0.15, -0.1) is 0 Å².